The van der Waals surface area contributed by atoms with Crippen molar-refractivity contribution in [2.75, 3.05) is 11.9 Å². The topological polar surface area (TPSA) is 28.2 Å². The molecule has 1 N–H and O–H groups in total. The molecule has 3 rings (SSSR count). The van der Waals surface area contributed by atoms with Gasteiger partial charge in [0.15, 0.2) is 5.13 Å². The molecule has 0 saturated heterocycles. The van der Waals surface area contributed by atoms with Gasteiger partial charge in [0, 0.05) is 30.2 Å². The Morgan fingerprint density at radius 3 is 2.95 bits per heavy atom. The van der Waals surface area contributed by atoms with Gasteiger partial charge < -0.3 is 10.2 Å². The fraction of sp³-hybridized carbons (Fsp3) is 0.400. The number of nitrogens with zero attached hydrogens (tertiary/aromatic N) is 2. The van der Waals surface area contributed by atoms with E-state index in [1.807, 2.05) is 24.9 Å². The average molecular weight is 291 g/mol. The quantitative estimate of drug-likeness (QED) is 0.912. The van der Waals surface area contributed by atoms with Crippen molar-refractivity contribution < 1.29 is 4.39 Å². The smallest absolute Gasteiger partial charge is 0.190 e. The number of benzene rings is 1. The van der Waals surface area contributed by atoms with E-state index >= 15 is 0 Å². The molecule has 0 unspecified atom stereocenters. The van der Waals surface area contributed by atoms with Crippen LogP contribution in [0.5, 0.6) is 0 Å². The van der Waals surface area contributed by atoms with E-state index in [2.05, 4.69) is 10.3 Å². The van der Waals surface area contributed by atoms with Crippen LogP contribution < -0.4 is 10.2 Å². The second-order valence-corrected chi connectivity index (χ2v) is 6.26. The Hall–Kier alpha value is -1.46. The van der Waals surface area contributed by atoms with E-state index in [4.69, 9.17) is 0 Å². The molecule has 0 spiro atoms. The molecule has 0 atom stereocenters. The monoisotopic (exact) mass is 291 g/mol. The number of aromatic nitrogens is 1. The number of hydrogen-bond acceptors (Lipinski definition) is 4. The SMILES string of the molecule is Cc1nc(N(C)c2cccc(F)c2)sc1CNC1CC1. The summed E-state index contributed by atoms with van der Waals surface area (Å²) in [4.78, 5) is 7.79. The van der Waals surface area contributed by atoms with E-state index in [9.17, 15) is 4.39 Å². The van der Waals surface area contributed by atoms with Gasteiger partial charge in [-0.2, -0.15) is 0 Å². The van der Waals surface area contributed by atoms with E-state index in [0.717, 1.165) is 23.1 Å². The summed E-state index contributed by atoms with van der Waals surface area (Å²) in [7, 11) is 1.92. The second-order valence-electron chi connectivity index (χ2n) is 5.20. The fourth-order valence-corrected chi connectivity index (χ4v) is 3.03. The Labute approximate surface area is 122 Å². The van der Waals surface area contributed by atoms with Gasteiger partial charge in [-0.15, -0.1) is 0 Å². The maximum Gasteiger partial charge on any atom is 0.190 e. The third-order valence-corrected chi connectivity index (χ3v) is 4.73. The van der Waals surface area contributed by atoms with E-state index < -0.39 is 0 Å². The van der Waals surface area contributed by atoms with E-state index in [1.54, 1.807) is 17.4 Å². The number of nitrogens with one attached hydrogen (secondary N) is 1. The van der Waals surface area contributed by atoms with Crippen LogP contribution in [0.2, 0.25) is 0 Å². The van der Waals surface area contributed by atoms with Crippen molar-refractivity contribution in [3.63, 3.8) is 0 Å². The highest BCUT2D eigenvalue weighted by atomic mass is 32.1. The van der Waals surface area contributed by atoms with Crippen LogP contribution in [-0.2, 0) is 6.54 Å². The molecule has 2 aromatic rings. The Bertz CT molecular complexity index is 607. The predicted octanol–water partition coefficient (Wildman–Crippen LogP) is 3.61. The van der Waals surface area contributed by atoms with Crippen molar-refractivity contribution in [3.05, 3.63) is 40.7 Å². The van der Waals surface area contributed by atoms with Crippen LogP contribution in [-0.4, -0.2) is 18.1 Å². The number of thiazole rings is 1. The van der Waals surface area contributed by atoms with Gasteiger partial charge in [-0.1, -0.05) is 17.4 Å². The molecular weight excluding hydrogens is 273 g/mol. The molecule has 1 aromatic carbocycles. The summed E-state index contributed by atoms with van der Waals surface area (Å²) in [6.45, 7) is 2.91. The number of anilines is 2. The first-order valence-corrected chi connectivity index (χ1v) is 7.64. The lowest BCUT2D eigenvalue weighted by Gasteiger charge is -2.15. The molecule has 0 amide bonds. The zero-order valence-electron chi connectivity index (χ0n) is 11.7. The third kappa shape index (κ3) is 2.99. The highest BCUT2D eigenvalue weighted by Crippen LogP contribution is 2.31. The lowest BCUT2D eigenvalue weighted by molar-refractivity contribution is 0.628. The van der Waals surface area contributed by atoms with Gasteiger partial charge in [-0.25, -0.2) is 9.37 Å². The van der Waals surface area contributed by atoms with Crippen molar-refractivity contribution in [2.45, 2.75) is 32.4 Å². The van der Waals surface area contributed by atoms with Gasteiger partial charge in [0.25, 0.3) is 0 Å². The van der Waals surface area contributed by atoms with Crippen LogP contribution in [0, 0.1) is 12.7 Å². The maximum atomic E-state index is 13.3. The number of rotatable bonds is 5. The van der Waals surface area contributed by atoms with E-state index in [0.29, 0.717) is 6.04 Å². The molecule has 3 nitrogen and oxygen atoms in total. The molecule has 1 fully saturated rings. The maximum absolute atomic E-state index is 13.3. The highest BCUT2D eigenvalue weighted by Gasteiger charge is 2.21. The van der Waals surface area contributed by atoms with Crippen molar-refractivity contribution in [1.29, 1.82) is 0 Å². The molecular formula is C15H18FN3S. The largest absolute Gasteiger partial charge is 0.321 e. The number of aryl methyl sites for hydroxylation is 1. The number of hydrogen-bond donors (Lipinski definition) is 1. The van der Waals surface area contributed by atoms with Crippen molar-refractivity contribution in [1.82, 2.24) is 10.3 Å². The van der Waals surface area contributed by atoms with E-state index in [1.165, 1.54) is 29.9 Å². The summed E-state index contributed by atoms with van der Waals surface area (Å²) in [6.07, 6.45) is 2.57. The Morgan fingerprint density at radius 2 is 2.25 bits per heavy atom. The molecule has 0 bridgehead atoms. The zero-order chi connectivity index (χ0) is 14.1. The minimum atomic E-state index is -0.224. The molecule has 1 aliphatic rings. The lowest BCUT2D eigenvalue weighted by atomic mass is 10.3. The van der Waals surface area contributed by atoms with Crippen LogP contribution >= 0.6 is 11.3 Å². The summed E-state index contributed by atoms with van der Waals surface area (Å²) >= 11 is 1.67. The molecule has 0 radical (unpaired) electrons. The second kappa shape index (κ2) is 5.50. The first-order valence-electron chi connectivity index (χ1n) is 6.82. The zero-order valence-corrected chi connectivity index (χ0v) is 12.5. The lowest BCUT2D eigenvalue weighted by Crippen LogP contribution is -2.14. The first-order chi connectivity index (χ1) is 9.63. The summed E-state index contributed by atoms with van der Waals surface area (Å²) in [5.41, 5.74) is 1.88. The van der Waals surface area contributed by atoms with Gasteiger partial charge in [-0.05, 0) is 38.0 Å². The van der Waals surface area contributed by atoms with Gasteiger partial charge in [0.05, 0.1) is 5.69 Å². The highest BCUT2D eigenvalue weighted by molar-refractivity contribution is 7.15. The molecule has 20 heavy (non-hydrogen) atoms. The molecule has 1 aromatic heterocycles. The summed E-state index contributed by atoms with van der Waals surface area (Å²) in [5, 5.41) is 4.41. The van der Waals surface area contributed by atoms with Crippen molar-refractivity contribution in [2.24, 2.45) is 0 Å². The Balaban J connectivity index is 1.77. The number of halogens is 1. The normalized spacial score (nSPS) is 14.6. The van der Waals surface area contributed by atoms with Gasteiger partial charge in [0.1, 0.15) is 5.82 Å². The van der Waals surface area contributed by atoms with Gasteiger partial charge >= 0.3 is 0 Å². The Morgan fingerprint density at radius 1 is 1.45 bits per heavy atom. The molecule has 106 valence electrons. The van der Waals surface area contributed by atoms with Crippen LogP contribution in [0.1, 0.15) is 23.4 Å². The van der Waals surface area contributed by atoms with Crippen molar-refractivity contribution >= 4 is 22.2 Å². The van der Waals surface area contributed by atoms with Crippen LogP contribution in [0.25, 0.3) is 0 Å². The van der Waals surface area contributed by atoms with Gasteiger partial charge in [0.2, 0.25) is 0 Å². The van der Waals surface area contributed by atoms with E-state index in [-0.39, 0.29) is 5.82 Å². The van der Waals surface area contributed by atoms with Gasteiger partial charge in [-0.3, -0.25) is 0 Å². The summed E-state index contributed by atoms with van der Waals surface area (Å²) in [6, 6.07) is 7.29. The Kier molecular flexibility index (Phi) is 3.72. The third-order valence-electron chi connectivity index (χ3n) is 3.49. The molecule has 1 saturated carbocycles. The standard InChI is InChI=1S/C15H18FN3S/c1-10-14(9-17-12-6-7-12)20-15(18-10)19(2)13-5-3-4-11(16)8-13/h3-5,8,12,17H,6-7,9H2,1-2H3. The summed E-state index contributed by atoms with van der Waals surface area (Å²) in [5.74, 6) is -0.224. The minimum absolute atomic E-state index is 0.224. The molecule has 1 aliphatic carbocycles. The average Bonchev–Trinajstić information content (AvgIpc) is 3.19. The molecule has 0 aliphatic heterocycles. The van der Waals surface area contributed by atoms with Crippen LogP contribution in [0.15, 0.2) is 24.3 Å². The van der Waals surface area contributed by atoms with Crippen molar-refractivity contribution in [3.8, 4) is 0 Å². The minimum Gasteiger partial charge on any atom is -0.321 e. The van der Waals surface area contributed by atoms with Crippen LogP contribution in [0.3, 0.4) is 0 Å². The first kappa shape index (κ1) is 13.5. The summed E-state index contributed by atoms with van der Waals surface area (Å²) < 4.78 is 13.3. The molecule has 5 heteroatoms. The van der Waals surface area contributed by atoms with Crippen LogP contribution in [0.4, 0.5) is 15.2 Å². The predicted molar refractivity (Wildman–Crippen MR) is 81.2 cm³/mol. The fourth-order valence-electron chi connectivity index (χ4n) is 2.04. The molecule has 1 heterocycles.